The number of ether oxygens (including phenoxy) is 1. The van der Waals surface area contributed by atoms with Gasteiger partial charge in [-0.05, 0) is 68.0 Å². The average molecular weight is 406 g/mol. The minimum Gasteiger partial charge on any atom is -0.491 e. The summed E-state index contributed by atoms with van der Waals surface area (Å²) < 4.78 is 5.70. The Kier molecular flexibility index (Phi) is 7.57. The average Bonchev–Trinajstić information content (AvgIpc) is 2.66. The van der Waals surface area contributed by atoms with Crippen molar-refractivity contribution in [3.63, 3.8) is 0 Å². The van der Waals surface area contributed by atoms with Gasteiger partial charge in [0, 0.05) is 16.1 Å². The molecule has 0 aliphatic heterocycles. The van der Waals surface area contributed by atoms with Gasteiger partial charge in [0.1, 0.15) is 5.75 Å². The highest BCUT2D eigenvalue weighted by Gasteiger charge is 2.11. The number of hydrazine groups is 1. The third-order valence-corrected chi connectivity index (χ3v) is 4.09. The zero-order chi connectivity index (χ0) is 19.8. The van der Waals surface area contributed by atoms with Crippen LogP contribution >= 0.6 is 23.8 Å². The second-order valence-corrected chi connectivity index (χ2v) is 6.58. The molecule has 0 saturated heterocycles. The van der Waals surface area contributed by atoms with Crippen LogP contribution in [0.25, 0.3) is 0 Å². The zero-order valence-electron chi connectivity index (χ0n) is 14.9. The van der Waals surface area contributed by atoms with E-state index in [9.17, 15) is 9.59 Å². The molecule has 2 amide bonds. The molecule has 0 aromatic heterocycles. The third kappa shape index (κ3) is 6.54. The van der Waals surface area contributed by atoms with Gasteiger partial charge in [0.25, 0.3) is 11.8 Å². The molecule has 0 bridgehead atoms. The van der Waals surface area contributed by atoms with Crippen molar-refractivity contribution in [1.82, 2.24) is 16.2 Å². The van der Waals surface area contributed by atoms with E-state index in [-0.39, 0.29) is 11.2 Å². The van der Waals surface area contributed by atoms with E-state index in [4.69, 9.17) is 28.6 Å². The molecular weight excluding hydrogens is 386 g/mol. The van der Waals surface area contributed by atoms with Crippen LogP contribution in [0.15, 0.2) is 48.5 Å². The van der Waals surface area contributed by atoms with E-state index in [1.165, 1.54) is 0 Å². The van der Waals surface area contributed by atoms with E-state index in [1.807, 2.05) is 13.8 Å². The number of amides is 2. The molecule has 6 nitrogen and oxygen atoms in total. The summed E-state index contributed by atoms with van der Waals surface area (Å²) in [5.41, 5.74) is 5.69. The highest BCUT2D eigenvalue weighted by molar-refractivity contribution is 7.80. The third-order valence-electron chi connectivity index (χ3n) is 3.63. The number of hydrogen-bond acceptors (Lipinski definition) is 4. The summed E-state index contributed by atoms with van der Waals surface area (Å²) in [6, 6.07) is 13.1. The Morgan fingerprint density at radius 3 is 2.44 bits per heavy atom. The Bertz CT molecular complexity index is 827. The number of rotatable bonds is 5. The van der Waals surface area contributed by atoms with Crippen LogP contribution in [0.1, 0.15) is 41.0 Å². The van der Waals surface area contributed by atoms with Crippen molar-refractivity contribution < 1.29 is 14.3 Å². The SMILES string of the molecule is CC[C@@H](C)Oc1cccc(C(=O)NC(=S)NNC(=O)c2ccc(Cl)cc2)c1. The van der Waals surface area contributed by atoms with Gasteiger partial charge in [-0.15, -0.1) is 0 Å². The van der Waals surface area contributed by atoms with E-state index in [0.717, 1.165) is 6.42 Å². The zero-order valence-corrected chi connectivity index (χ0v) is 16.5. The maximum Gasteiger partial charge on any atom is 0.269 e. The van der Waals surface area contributed by atoms with Crippen molar-refractivity contribution in [3.05, 3.63) is 64.7 Å². The van der Waals surface area contributed by atoms with Crippen molar-refractivity contribution in [2.75, 3.05) is 0 Å². The van der Waals surface area contributed by atoms with Crippen LogP contribution in [0.4, 0.5) is 0 Å². The molecule has 2 aromatic rings. The molecule has 27 heavy (non-hydrogen) atoms. The lowest BCUT2D eigenvalue weighted by molar-refractivity contribution is 0.0934. The summed E-state index contributed by atoms with van der Waals surface area (Å²) in [5, 5.41) is 2.99. The van der Waals surface area contributed by atoms with Crippen molar-refractivity contribution in [1.29, 1.82) is 0 Å². The first-order chi connectivity index (χ1) is 12.9. The van der Waals surface area contributed by atoms with Crippen LogP contribution in [-0.4, -0.2) is 23.0 Å². The monoisotopic (exact) mass is 405 g/mol. The number of carbonyl (C=O) groups is 2. The van der Waals surface area contributed by atoms with Crippen LogP contribution in [0.3, 0.4) is 0 Å². The number of carbonyl (C=O) groups excluding carboxylic acids is 2. The lowest BCUT2D eigenvalue weighted by atomic mass is 10.2. The molecule has 142 valence electrons. The van der Waals surface area contributed by atoms with Gasteiger partial charge in [0.2, 0.25) is 0 Å². The smallest absolute Gasteiger partial charge is 0.269 e. The maximum absolute atomic E-state index is 12.3. The van der Waals surface area contributed by atoms with Gasteiger partial charge in [-0.2, -0.15) is 0 Å². The molecular formula is C19H20ClN3O3S. The summed E-state index contributed by atoms with van der Waals surface area (Å²) in [6.45, 7) is 3.97. The van der Waals surface area contributed by atoms with E-state index in [0.29, 0.717) is 21.9 Å². The molecule has 0 saturated carbocycles. The molecule has 2 aromatic carbocycles. The van der Waals surface area contributed by atoms with Gasteiger partial charge in [-0.1, -0.05) is 24.6 Å². The van der Waals surface area contributed by atoms with Gasteiger partial charge >= 0.3 is 0 Å². The molecule has 3 N–H and O–H groups in total. The largest absolute Gasteiger partial charge is 0.491 e. The normalized spacial score (nSPS) is 11.2. The minimum atomic E-state index is -0.414. The van der Waals surface area contributed by atoms with Gasteiger partial charge in [0.05, 0.1) is 6.10 Å². The number of nitrogens with one attached hydrogen (secondary N) is 3. The fourth-order valence-electron chi connectivity index (χ4n) is 2.02. The minimum absolute atomic E-state index is 0.0319. The van der Waals surface area contributed by atoms with E-state index in [2.05, 4.69) is 16.2 Å². The predicted molar refractivity (Wildman–Crippen MR) is 109 cm³/mol. The number of thiocarbonyl (C=S) groups is 1. The first-order valence-corrected chi connectivity index (χ1v) is 9.11. The lowest BCUT2D eigenvalue weighted by Crippen LogP contribution is -2.48. The first kappa shape index (κ1) is 20.7. The first-order valence-electron chi connectivity index (χ1n) is 8.33. The predicted octanol–water partition coefficient (Wildman–Crippen LogP) is 3.47. The van der Waals surface area contributed by atoms with Crippen molar-refractivity contribution in [3.8, 4) is 5.75 Å². The van der Waals surface area contributed by atoms with Gasteiger partial charge in [-0.3, -0.25) is 25.8 Å². The molecule has 0 fully saturated rings. The van der Waals surface area contributed by atoms with Crippen LogP contribution in [0.2, 0.25) is 5.02 Å². The molecule has 0 aliphatic rings. The highest BCUT2D eigenvalue weighted by atomic mass is 35.5. The second-order valence-electron chi connectivity index (χ2n) is 5.73. The van der Waals surface area contributed by atoms with Crippen LogP contribution in [-0.2, 0) is 0 Å². The molecule has 0 heterocycles. The lowest BCUT2D eigenvalue weighted by Gasteiger charge is -2.14. The van der Waals surface area contributed by atoms with Gasteiger partial charge in [0.15, 0.2) is 5.11 Å². The topological polar surface area (TPSA) is 79.5 Å². The van der Waals surface area contributed by atoms with Crippen LogP contribution in [0.5, 0.6) is 5.75 Å². The highest BCUT2D eigenvalue weighted by Crippen LogP contribution is 2.16. The Balaban J connectivity index is 1.88. The molecule has 0 unspecified atom stereocenters. The van der Waals surface area contributed by atoms with Crippen molar-refractivity contribution >= 4 is 40.7 Å². The fourth-order valence-corrected chi connectivity index (χ4v) is 2.29. The standard InChI is InChI=1S/C19H20ClN3O3S/c1-3-12(2)26-16-6-4-5-14(11-16)17(24)21-19(27)23-22-18(25)13-7-9-15(20)10-8-13/h4-12H,3H2,1-2H3,(H,22,25)(H2,21,23,24,27)/t12-/m1/s1. The maximum atomic E-state index is 12.3. The fraction of sp³-hybridized carbons (Fsp3) is 0.211. The Hall–Kier alpha value is -2.64. The number of halogens is 1. The van der Waals surface area contributed by atoms with Gasteiger partial charge in [-0.25, -0.2) is 0 Å². The Morgan fingerprint density at radius 2 is 1.78 bits per heavy atom. The summed E-state index contributed by atoms with van der Waals surface area (Å²) in [7, 11) is 0. The summed E-state index contributed by atoms with van der Waals surface area (Å²) in [4.78, 5) is 24.3. The van der Waals surface area contributed by atoms with Crippen molar-refractivity contribution in [2.24, 2.45) is 0 Å². The van der Waals surface area contributed by atoms with Gasteiger partial charge < -0.3 is 4.74 Å². The van der Waals surface area contributed by atoms with Crippen LogP contribution < -0.4 is 20.9 Å². The van der Waals surface area contributed by atoms with E-state index < -0.39 is 11.8 Å². The molecule has 0 spiro atoms. The Labute approximate surface area is 168 Å². The molecule has 0 aliphatic carbocycles. The van der Waals surface area contributed by atoms with Crippen molar-refractivity contribution in [2.45, 2.75) is 26.4 Å². The van der Waals surface area contributed by atoms with Crippen LogP contribution in [0, 0.1) is 0 Å². The molecule has 0 radical (unpaired) electrons. The quantitative estimate of drug-likeness (QED) is 0.524. The molecule has 2 rings (SSSR count). The summed E-state index contributed by atoms with van der Waals surface area (Å²) in [5.74, 6) is -0.220. The van der Waals surface area contributed by atoms with E-state index >= 15 is 0 Å². The van der Waals surface area contributed by atoms with E-state index in [1.54, 1.807) is 48.5 Å². The number of hydrogen-bond donors (Lipinski definition) is 3. The molecule has 8 heteroatoms. The Morgan fingerprint density at radius 1 is 1.07 bits per heavy atom. The second kappa shape index (κ2) is 9.89. The molecule has 1 atom stereocenters. The summed E-state index contributed by atoms with van der Waals surface area (Å²) in [6.07, 6.45) is 0.909. The number of benzene rings is 2. The summed E-state index contributed by atoms with van der Waals surface area (Å²) >= 11 is 10.8.